The Balaban J connectivity index is 1.94. The van der Waals surface area contributed by atoms with Crippen LogP contribution in [-0.4, -0.2) is 40.0 Å². The van der Waals surface area contributed by atoms with Crippen molar-refractivity contribution in [3.63, 3.8) is 0 Å². The average Bonchev–Trinajstić information content (AvgIpc) is 2.79. The second-order valence-corrected chi connectivity index (χ2v) is 5.01. The normalized spacial score (nSPS) is 19.5. The number of nitrogens with one attached hydrogen (secondary N) is 1. The molecule has 1 unspecified atom stereocenters. The molecule has 1 aliphatic heterocycles. The highest BCUT2D eigenvalue weighted by molar-refractivity contribution is 7.99. The maximum Gasteiger partial charge on any atom is 0.228 e. The summed E-state index contributed by atoms with van der Waals surface area (Å²) in [6, 6.07) is 0. The van der Waals surface area contributed by atoms with Gasteiger partial charge in [-0.1, -0.05) is 11.8 Å². The molecule has 17 heavy (non-hydrogen) atoms. The van der Waals surface area contributed by atoms with Crippen LogP contribution >= 0.6 is 23.4 Å². The smallest absolute Gasteiger partial charge is 0.228 e. The first-order valence-electron chi connectivity index (χ1n) is 5.67. The van der Waals surface area contributed by atoms with Gasteiger partial charge in [-0.15, -0.1) is 0 Å². The summed E-state index contributed by atoms with van der Waals surface area (Å²) >= 11 is 7.39. The summed E-state index contributed by atoms with van der Waals surface area (Å²) in [6.07, 6.45) is 2.58. The molecule has 1 N–H and O–H groups in total. The molecule has 0 aromatic carbocycles. The summed E-state index contributed by atoms with van der Waals surface area (Å²) in [4.78, 5) is 12.4. The monoisotopic (exact) mass is 274 g/mol. The number of thioether (sulfide) groups is 1. The summed E-state index contributed by atoms with van der Waals surface area (Å²) in [5.41, 5.74) is 0. The minimum atomic E-state index is 0.228. The van der Waals surface area contributed by atoms with Gasteiger partial charge in [-0.3, -0.25) is 0 Å². The van der Waals surface area contributed by atoms with Crippen molar-refractivity contribution in [3.8, 4) is 0 Å². The Morgan fingerprint density at radius 3 is 3.06 bits per heavy atom. The Morgan fingerprint density at radius 1 is 1.47 bits per heavy atom. The Morgan fingerprint density at radius 2 is 2.35 bits per heavy atom. The molecule has 0 aliphatic carbocycles. The molecular weight excluding hydrogens is 260 g/mol. The number of anilines is 1. The van der Waals surface area contributed by atoms with E-state index < -0.39 is 0 Å². The van der Waals surface area contributed by atoms with Gasteiger partial charge in [0.2, 0.25) is 11.2 Å². The summed E-state index contributed by atoms with van der Waals surface area (Å²) in [6.45, 7) is 3.61. The van der Waals surface area contributed by atoms with Crippen LogP contribution < -0.4 is 5.32 Å². The maximum absolute atomic E-state index is 5.83. The van der Waals surface area contributed by atoms with E-state index in [0.29, 0.717) is 17.2 Å². The lowest BCUT2D eigenvalue weighted by atomic mass is 10.3. The lowest BCUT2D eigenvalue weighted by Gasteiger charge is -2.08. The number of aromatic nitrogens is 3. The third kappa shape index (κ3) is 3.97. The molecule has 0 radical (unpaired) electrons. The van der Waals surface area contributed by atoms with Gasteiger partial charge in [-0.25, -0.2) is 0 Å². The van der Waals surface area contributed by atoms with Crippen LogP contribution in [0.15, 0.2) is 5.16 Å². The van der Waals surface area contributed by atoms with Gasteiger partial charge in [-0.2, -0.15) is 15.0 Å². The first-order valence-corrected chi connectivity index (χ1v) is 7.04. The fourth-order valence-electron chi connectivity index (χ4n) is 1.58. The first-order chi connectivity index (χ1) is 8.28. The minimum Gasteiger partial charge on any atom is -0.377 e. The number of nitrogens with zero attached hydrogens (tertiary/aromatic N) is 3. The molecule has 0 saturated carbocycles. The van der Waals surface area contributed by atoms with Crippen LogP contribution in [0.25, 0.3) is 0 Å². The Bertz CT molecular complexity index is 373. The van der Waals surface area contributed by atoms with Crippen molar-refractivity contribution >= 4 is 29.3 Å². The van der Waals surface area contributed by atoms with E-state index in [1.165, 1.54) is 0 Å². The third-order valence-electron chi connectivity index (χ3n) is 2.34. The van der Waals surface area contributed by atoms with E-state index in [-0.39, 0.29) is 5.28 Å². The molecule has 2 heterocycles. The van der Waals surface area contributed by atoms with E-state index in [1.807, 2.05) is 6.92 Å². The van der Waals surface area contributed by atoms with E-state index in [2.05, 4.69) is 20.3 Å². The topological polar surface area (TPSA) is 59.9 Å². The quantitative estimate of drug-likeness (QED) is 0.831. The minimum absolute atomic E-state index is 0.228. The van der Waals surface area contributed by atoms with E-state index >= 15 is 0 Å². The molecule has 2 rings (SSSR count). The molecule has 7 heteroatoms. The van der Waals surface area contributed by atoms with E-state index in [0.717, 1.165) is 31.7 Å². The Labute approximate surface area is 110 Å². The van der Waals surface area contributed by atoms with Gasteiger partial charge in [0.05, 0.1) is 6.10 Å². The lowest BCUT2D eigenvalue weighted by Crippen LogP contribution is -2.09. The fraction of sp³-hybridized carbons (Fsp3) is 0.700. The summed E-state index contributed by atoms with van der Waals surface area (Å²) < 4.78 is 5.54. The van der Waals surface area contributed by atoms with Crippen LogP contribution in [0.5, 0.6) is 0 Å². The number of ether oxygens (including phenoxy) is 1. The molecule has 5 nitrogen and oxygen atoms in total. The number of halogens is 1. The molecule has 1 aliphatic rings. The molecule has 0 bridgehead atoms. The van der Waals surface area contributed by atoms with Crippen molar-refractivity contribution < 1.29 is 4.74 Å². The van der Waals surface area contributed by atoms with Gasteiger partial charge in [0.25, 0.3) is 0 Å². The molecule has 0 amide bonds. The molecule has 1 aromatic heterocycles. The van der Waals surface area contributed by atoms with Crippen molar-refractivity contribution in [1.29, 1.82) is 0 Å². The zero-order chi connectivity index (χ0) is 12.1. The number of rotatable bonds is 5. The molecule has 1 aromatic rings. The van der Waals surface area contributed by atoms with E-state index in [4.69, 9.17) is 16.3 Å². The second-order valence-electron chi connectivity index (χ2n) is 3.69. The molecule has 0 spiro atoms. The second kappa shape index (κ2) is 6.37. The Hall–Kier alpha value is -0.590. The van der Waals surface area contributed by atoms with Crippen molar-refractivity contribution in [2.45, 2.75) is 31.0 Å². The molecule has 94 valence electrons. The van der Waals surface area contributed by atoms with Crippen molar-refractivity contribution in [2.75, 3.05) is 24.2 Å². The number of hydrogen-bond acceptors (Lipinski definition) is 6. The highest BCUT2D eigenvalue weighted by atomic mass is 35.5. The van der Waals surface area contributed by atoms with Gasteiger partial charge >= 0.3 is 0 Å². The van der Waals surface area contributed by atoms with Crippen LogP contribution in [0.4, 0.5) is 5.95 Å². The van der Waals surface area contributed by atoms with Crippen LogP contribution in [0, 0.1) is 0 Å². The standard InChI is InChI=1S/C10H15ClN4OS/c1-2-12-9-13-8(11)14-10(15-9)17-6-7-4-3-5-16-7/h7H,2-6H2,1H3,(H,12,13,14,15). The Kier molecular flexibility index (Phi) is 4.82. The largest absolute Gasteiger partial charge is 0.377 e. The third-order valence-corrected chi connectivity index (χ3v) is 3.49. The van der Waals surface area contributed by atoms with Crippen LogP contribution in [0.2, 0.25) is 5.28 Å². The van der Waals surface area contributed by atoms with Crippen LogP contribution in [0.3, 0.4) is 0 Å². The number of hydrogen-bond donors (Lipinski definition) is 1. The van der Waals surface area contributed by atoms with Crippen molar-refractivity contribution in [3.05, 3.63) is 5.28 Å². The summed E-state index contributed by atoms with van der Waals surface area (Å²) in [5, 5.41) is 3.90. The summed E-state index contributed by atoms with van der Waals surface area (Å²) in [5.74, 6) is 1.40. The molecule has 1 fully saturated rings. The van der Waals surface area contributed by atoms with E-state index in [9.17, 15) is 0 Å². The van der Waals surface area contributed by atoms with Crippen LogP contribution in [-0.2, 0) is 4.74 Å². The predicted molar refractivity (Wildman–Crippen MR) is 68.7 cm³/mol. The maximum atomic E-state index is 5.83. The zero-order valence-electron chi connectivity index (χ0n) is 9.65. The van der Waals surface area contributed by atoms with Gasteiger partial charge in [-0.05, 0) is 31.4 Å². The predicted octanol–water partition coefficient (Wildman–Crippen LogP) is 2.23. The lowest BCUT2D eigenvalue weighted by molar-refractivity contribution is 0.129. The zero-order valence-corrected chi connectivity index (χ0v) is 11.2. The molecular formula is C10H15ClN4OS. The van der Waals surface area contributed by atoms with Gasteiger partial charge < -0.3 is 10.1 Å². The van der Waals surface area contributed by atoms with E-state index in [1.54, 1.807) is 11.8 Å². The van der Waals surface area contributed by atoms with Gasteiger partial charge in [0, 0.05) is 18.9 Å². The highest BCUT2D eigenvalue weighted by Crippen LogP contribution is 2.22. The van der Waals surface area contributed by atoms with Crippen molar-refractivity contribution in [2.24, 2.45) is 0 Å². The molecule has 1 saturated heterocycles. The van der Waals surface area contributed by atoms with Gasteiger partial charge in [0.1, 0.15) is 0 Å². The summed E-state index contributed by atoms with van der Waals surface area (Å²) in [7, 11) is 0. The SMILES string of the molecule is CCNc1nc(Cl)nc(SCC2CCCO2)n1. The first kappa shape index (κ1) is 12.9. The van der Waals surface area contributed by atoms with Gasteiger partial charge in [0.15, 0.2) is 5.16 Å². The fourth-order valence-corrected chi connectivity index (χ4v) is 2.69. The van der Waals surface area contributed by atoms with Crippen LogP contribution in [0.1, 0.15) is 19.8 Å². The molecule has 1 atom stereocenters. The highest BCUT2D eigenvalue weighted by Gasteiger charge is 2.16. The average molecular weight is 275 g/mol. The van der Waals surface area contributed by atoms with Crippen molar-refractivity contribution in [1.82, 2.24) is 15.0 Å².